The first-order valence-electron chi connectivity index (χ1n) is 9.40. The molecule has 1 aliphatic rings. The largest absolute Gasteiger partial charge is 0.390 e. The third kappa shape index (κ3) is 5.33. The second kappa shape index (κ2) is 8.71. The van der Waals surface area contributed by atoms with Crippen molar-refractivity contribution in [3.05, 3.63) is 71.3 Å². The van der Waals surface area contributed by atoms with Crippen LogP contribution in [0.5, 0.6) is 0 Å². The molecule has 1 aliphatic heterocycles. The van der Waals surface area contributed by atoms with Crippen LogP contribution in [-0.4, -0.2) is 35.3 Å². The molecule has 3 rings (SSSR count). The molecule has 0 unspecified atom stereocenters. The van der Waals surface area contributed by atoms with Crippen molar-refractivity contribution in [2.75, 3.05) is 6.54 Å². The topological polar surface area (TPSA) is 53.9 Å². The maximum absolute atomic E-state index is 12.7. The molecule has 0 bridgehead atoms. The molecule has 1 heterocycles. The molecule has 0 aromatic heterocycles. The number of hydrogen-bond acceptors (Lipinski definition) is 3. The molecule has 5 nitrogen and oxygen atoms in total. The van der Waals surface area contributed by atoms with E-state index in [0.717, 1.165) is 16.8 Å². The molecule has 0 saturated heterocycles. The van der Waals surface area contributed by atoms with Crippen LogP contribution < -0.4 is 5.32 Å². The number of aryl methyl sites for hydroxylation is 1. The summed E-state index contributed by atoms with van der Waals surface area (Å²) in [7, 11) is 0. The number of amides is 2. The van der Waals surface area contributed by atoms with E-state index in [0.29, 0.717) is 19.5 Å². The third-order valence-electron chi connectivity index (χ3n) is 4.46. The first-order valence-corrected chi connectivity index (χ1v) is 9.40. The second-order valence-corrected chi connectivity index (χ2v) is 7.31. The highest BCUT2D eigenvalue weighted by Gasteiger charge is 2.27. The van der Waals surface area contributed by atoms with Gasteiger partial charge in [-0.15, -0.1) is 0 Å². The van der Waals surface area contributed by atoms with Gasteiger partial charge in [0, 0.05) is 19.0 Å². The van der Waals surface area contributed by atoms with Crippen LogP contribution in [0.15, 0.2) is 59.8 Å². The van der Waals surface area contributed by atoms with Gasteiger partial charge in [0.1, 0.15) is 0 Å². The summed E-state index contributed by atoms with van der Waals surface area (Å²) in [5.41, 5.74) is 4.32. The van der Waals surface area contributed by atoms with Gasteiger partial charge in [-0.05, 0) is 31.9 Å². The van der Waals surface area contributed by atoms with Gasteiger partial charge < -0.3 is 15.1 Å². The van der Waals surface area contributed by atoms with Gasteiger partial charge in [-0.2, -0.15) is 0 Å². The molecular weight excluding hydrogens is 338 g/mol. The molecule has 5 heteroatoms. The zero-order chi connectivity index (χ0) is 19.2. The normalized spacial score (nSPS) is 16.0. The Kier molecular flexibility index (Phi) is 6.12. The van der Waals surface area contributed by atoms with Gasteiger partial charge >= 0.3 is 6.03 Å². The molecule has 27 heavy (non-hydrogen) atoms. The predicted molar refractivity (Wildman–Crippen MR) is 108 cm³/mol. The highest BCUT2D eigenvalue weighted by molar-refractivity contribution is 6.01. The molecule has 0 radical (unpaired) electrons. The minimum absolute atomic E-state index is 0.0822. The number of rotatable bonds is 6. The van der Waals surface area contributed by atoms with E-state index < -0.39 is 0 Å². The Bertz CT molecular complexity index is 785. The van der Waals surface area contributed by atoms with E-state index in [1.165, 1.54) is 5.56 Å². The van der Waals surface area contributed by atoms with Crippen molar-refractivity contribution >= 4 is 11.7 Å². The summed E-state index contributed by atoms with van der Waals surface area (Å²) >= 11 is 0. The zero-order valence-electron chi connectivity index (χ0n) is 16.2. The van der Waals surface area contributed by atoms with Crippen molar-refractivity contribution in [2.24, 2.45) is 5.16 Å². The number of urea groups is 1. The van der Waals surface area contributed by atoms with Crippen LogP contribution in [0, 0.1) is 6.92 Å². The van der Waals surface area contributed by atoms with E-state index in [-0.39, 0.29) is 18.2 Å². The zero-order valence-corrected chi connectivity index (χ0v) is 16.2. The van der Waals surface area contributed by atoms with Crippen molar-refractivity contribution in [3.63, 3.8) is 0 Å². The van der Waals surface area contributed by atoms with Crippen molar-refractivity contribution in [1.82, 2.24) is 10.2 Å². The average molecular weight is 365 g/mol. The van der Waals surface area contributed by atoms with E-state index in [2.05, 4.69) is 41.7 Å². The number of nitrogens with one attached hydrogen (secondary N) is 1. The predicted octanol–water partition coefficient (Wildman–Crippen LogP) is 4.11. The highest BCUT2D eigenvalue weighted by atomic mass is 16.6. The number of carbonyl (C=O) groups is 1. The van der Waals surface area contributed by atoms with Crippen molar-refractivity contribution in [1.29, 1.82) is 0 Å². The Hall–Kier alpha value is -2.82. The van der Waals surface area contributed by atoms with E-state index in [1.807, 2.05) is 44.2 Å². The lowest BCUT2D eigenvalue weighted by molar-refractivity contribution is 0.0586. The molecule has 2 amide bonds. The third-order valence-corrected chi connectivity index (χ3v) is 4.46. The van der Waals surface area contributed by atoms with Crippen LogP contribution in [0.4, 0.5) is 4.79 Å². The lowest BCUT2D eigenvalue weighted by Gasteiger charge is -2.26. The molecule has 1 N–H and O–H groups in total. The Morgan fingerprint density at radius 2 is 1.89 bits per heavy atom. The lowest BCUT2D eigenvalue weighted by atomic mass is 10.0. The number of hydrogen-bond donors (Lipinski definition) is 1. The fourth-order valence-electron chi connectivity index (χ4n) is 3.05. The minimum Gasteiger partial charge on any atom is -0.390 e. The van der Waals surface area contributed by atoms with Crippen LogP contribution in [0.2, 0.25) is 0 Å². The van der Waals surface area contributed by atoms with Gasteiger partial charge in [0.2, 0.25) is 0 Å². The first-order chi connectivity index (χ1) is 13.0. The van der Waals surface area contributed by atoms with Gasteiger partial charge in [0.05, 0.1) is 12.3 Å². The molecule has 1 atom stereocenters. The van der Waals surface area contributed by atoms with Crippen LogP contribution in [-0.2, 0) is 11.4 Å². The quantitative estimate of drug-likeness (QED) is 0.838. The Labute approximate surface area is 161 Å². The van der Waals surface area contributed by atoms with Gasteiger partial charge in [-0.25, -0.2) is 4.79 Å². The molecule has 0 aliphatic carbocycles. The number of carbonyl (C=O) groups excluding carboxylic acids is 1. The Morgan fingerprint density at radius 3 is 2.56 bits per heavy atom. The Balaban J connectivity index is 1.65. The summed E-state index contributed by atoms with van der Waals surface area (Å²) in [6, 6.07) is 18.3. The molecule has 142 valence electrons. The first kappa shape index (κ1) is 19.0. The van der Waals surface area contributed by atoms with E-state index in [9.17, 15) is 4.79 Å². The van der Waals surface area contributed by atoms with Crippen molar-refractivity contribution in [2.45, 2.75) is 45.9 Å². The fraction of sp³-hybridized carbons (Fsp3) is 0.364. The van der Waals surface area contributed by atoms with Gasteiger partial charge in [-0.3, -0.25) is 0 Å². The second-order valence-electron chi connectivity index (χ2n) is 7.31. The maximum atomic E-state index is 12.7. The summed E-state index contributed by atoms with van der Waals surface area (Å²) in [5, 5.41) is 7.24. The molecule has 0 fully saturated rings. The van der Waals surface area contributed by atoms with Gasteiger partial charge in [0.15, 0.2) is 6.10 Å². The van der Waals surface area contributed by atoms with E-state index in [4.69, 9.17) is 4.84 Å². The minimum atomic E-state index is -0.136. The Morgan fingerprint density at radius 1 is 1.19 bits per heavy atom. The number of benzene rings is 2. The lowest BCUT2D eigenvalue weighted by Crippen LogP contribution is -2.45. The molecule has 0 saturated carbocycles. The molecule has 0 spiro atoms. The van der Waals surface area contributed by atoms with E-state index in [1.54, 1.807) is 4.90 Å². The van der Waals surface area contributed by atoms with Crippen molar-refractivity contribution < 1.29 is 9.63 Å². The molecule has 2 aromatic rings. The summed E-state index contributed by atoms with van der Waals surface area (Å²) in [6.45, 7) is 7.02. The fourth-order valence-corrected chi connectivity index (χ4v) is 3.05. The summed E-state index contributed by atoms with van der Waals surface area (Å²) in [5.74, 6) is 0. The van der Waals surface area contributed by atoms with Gasteiger partial charge in [-0.1, -0.05) is 65.3 Å². The summed E-state index contributed by atoms with van der Waals surface area (Å²) < 4.78 is 0. The number of oxime groups is 1. The standard InChI is InChI=1S/C22H27N3O2/c1-16(2)23-22(26)25(14-18-7-5-4-6-8-18)15-20-13-21(24-27-20)19-11-9-17(3)10-12-19/h4-12,16,20H,13-15H2,1-3H3,(H,23,26)/t20-/m0/s1. The average Bonchev–Trinajstić information content (AvgIpc) is 3.10. The summed E-state index contributed by atoms with van der Waals surface area (Å²) in [6.07, 6.45) is 0.562. The number of nitrogens with zero attached hydrogens (tertiary/aromatic N) is 2. The van der Waals surface area contributed by atoms with Crippen LogP contribution >= 0.6 is 0 Å². The van der Waals surface area contributed by atoms with E-state index >= 15 is 0 Å². The maximum Gasteiger partial charge on any atom is 0.318 e. The molecule has 2 aromatic carbocycles. The summed E-state index contributed by atoms with van der Waals surface area (Å²) in [4.78, 5) is 20.1. The highest BCUT2D eigenvalue weighted by Crippen LogP contribution is 2.19. The van der Waals surface area contributed by atoms with Crippen LogP contribution in [0.25, 0.3) is 0 Å². The van der Waals surface area contributed by atoms with Crippen molar-refractivity contribution in [3.8, 4) is 0 Å². The SMILES string of the molecule is Cc1ccc(C2=NO[C@H](CN(Cc3ccccc3)C(=O)NC(C)C)C2)cc1. The van der Waals surface area contributed by atoms with Crippen LogP contribution in [0.3, 0.4) is 0 Å². The molecular formula is C22H27N3O2. The smallest absolute Gasteiger partial charge is 0.318 e. The van der Waals surface area contributed by atoms with Gasteiger partial charge in [0.25, 0.3) is 0 Å². The van der Waals surface area contributed by atoms with Crippen LogP contribution in [0.1, 0.15) is 37.0 Å². The monoisotopic (exact) mass is 365 g/mol.